The lowest BCUT2D eigenvalue weighted by atomic mass is 9.91. The van der Waals surface area contributed by atoms with E-state index in [0.717, 1.165) is 37.2 Å². The minimum atomic E-state index is -0.949. The van der Waals surface area contributed by atoms with E-state index in [1.807, 2.05) is 43.3 Å². The number of amides is 3. The summed E-state index contributed by atoms with van der Waals surface area (Å²) in [5.41, 5.74) is 1.95. The van der Waals surface area contributed by atoms with Crippen LogP contribution in [0.2, 0.25) is 0 Å². The van der Waals surface area contributed by atoms with E-state index in [9.17, 15) is 19.5 Å². The molecule has 2 aromatic carbocycles. The molecule has 0 aromatic heterocycles. The molecule has 2 bridgehead atoms. The molecule has 5 rings (SSSR count). The third-order valence-electron chi connectivity index (χ3n) is 9.74. The molecule has 2 aliphatic carbocycles. The van der Waals surface area contributed by atoms with E-state index in [1.165, 1.54) is 19.3 Å². The Bertz CT molecular complexity index is 1300. The van der Waals surface area contributed by atoms with Gasteiger partial charge in [-0.1, -0.05) is 43.7 Å². The number of anilines is 1. The fourth-order valence-electron chi connectivity index (χ4n) is 7.20. The zero-order valence-electron chi connectivity index (χ0n) is 26.7. The Labute approximate surface area is 267 Å². The summed E-state index contributed by atoms with van der Waals surface area (Å²) in [4.78, 5) is 41.2. The van der Waals surface area contributed by atoms with Gasteiger partial charge in [0.05, 0.1) is 18.8 Å². The monoisotopic (exact) mass is 619 g/mol. The molecule has 3 amide bonds. The quantitative estimate of drug-likeness (QED) is 0.236. The fourth-order valence-corrected chi connectivity index (χ4v) is 7.20. The average molecular weight is 620 g/mol. The van der Waals surface area contributed by atoms with Gasteiger partial charge in [-0.15, -0.1) is 0 Å². The fraction of sp³-hybridized carbons (Fsp3) is 0.583. The summed E-state index contributed by atoms with van der Waals surface area (Å²) in [7, 11) is 1.67. The van der Waals surface area contributed by atoms with Gasteiger partial charge >= 0.3 is 0 Å². The number of aliphatic hydroxyl groups is 1. The highest BCUT2D eigenvalue weighted by atomic mass is 16.5. The van der Waals surface area contributed by atoms with E-state index in [-0.39, 0.29) is 30.2 Å². The van der Waals surface area contributed by atoms with Gasteiger partial charge < -0.3 is 30.1 Å². The molecule has 2 saturated carbocycles. The Morgan fingerprint density at radius 2 is 1.87 bits per heavy atom. The molecule has 1 heterocycles. The Morgan fingerprint density at radius 3 is 2.56 bits per heavy atom. The van der Waals surface area contributed by atoms with Crippen molar-refractivity contribution in [1.29, 1.82) is 0 Å². The lowest BCUT2D eigenvalue weighted by Gasteiger charge is -2.28. The number of aliphatic hydroxyl groups excluding tert-OH is 1. The molecule has 0 spiro atoms. The van der Waals surface area contributed by atoms with Gasteiger partial charge in [0.2, 0.25) is 11.8 Å². The minimum absolute atomic E-state index is 0.0219. The number of carbonyl (C=O) groups is 3. The molecular weight excluding hydrogens is 570 g/mol. The highest BCUT2D eigenvalue weighted by Gasteiger charge is 2.40. The van der Waals surface area contributed by atoms with E-state index >= 15 is 0 Å². The first-order valence-corrected chi connectivity index (χ1v) is 16.7. The Kier molecular flexibility index (Phi) is 11.5. The van der Waals surface area contributed by atoms with E-state index < -0.39 is 18.1 Å². The lowest BCUT2D eigenvalue weighted by molar-refractivity contribution is -0.126. The standard InChI is InChI=1S/C36H49N3O6/c1-24(35(42)37-31-20-26-12-13-27(31)18-26)17-33(40)32(19-25-9-4-3-5-10-25)38-36(43)28-21-29(39-14-8-11-34(39)41)23-30(22-28)45-16-7-6-15-44-2/h3-5,9-10,21-24,26-27,31-33,40H,6-8,11-20H2,1-2H3,(H,37,42)(H,38,43)/t24-,26?,27?,31?,32+,33-/m1/s1. The van der Waals surface area contributed by atoms with Crippen molar-refractivity contribution in [2.24, 2.45) is 17.8 Å². The summed E-state index contributed by atoms with van der Waals surface area (Å²) in [5.74, 6) is 1.03. The van der Waals surface area contributed by atoms with Gasteiger partial charge in [-0.3, -0.25) is 14.4 Å². The maximum atomic E-state index is 13.8. The molecular formula is C36H49N3O6. The molecule has 3 N–H and O–H groups in total. The summed E-state index contributed by atoms with van der Waals surface area (Å²) in [5, 5.41) is 17.8. The van der Waals surface area contributed by atoms with Crippen LogP contribution in [0.15, 0.2) is 48.5 Å². The number of carbonyl (C=O) groups excluding carboxylic acids is 3. The number of unbranched alkanes of at least 4 members (excludes halogenated alkanes) is 1. The van der Waals surface area contributed by atoms with Crippen molar-refractivity contribution in [2.45, 2.75) is 89.3 Å². The molecule has 9 nitrogen and oxygen atoms in total. The molecule has 6 atom stereocenters. The zero-order chi connectivity index (χ0) is 31.8. The van der Waals surface area contributed by atoms with Gasteiger partial charge in [-0.25, -0.2) is 0 Å². The van der Waals surface area contributed by atoms with Crippen molar-refractivity contribution in [2.75, 3.05) is 31.8 Å². The van der Waals surface area contributed by atoms with Crippen LogP contribution in [0.3, 0.4) is 0 Å². The summed E-state index contributed by atoms with van der Waals surface area (Å²) in [6, 6.07) is 14.5. The second-order valence-corrected chi connectivity index (χ2v) is 13.2. The number of rotatable bonds is 16. The number of benzene rings is 2. The maximum Gasteiger partial charge on any atom is 0.251 e. The van der Waals surface area contributed by atoms with Gasteiger partial charge in [0, 0.05) is 56.0 Å². The van der Waals surface area contributed by atoms with Crippen molar-refractivity contribution in [3.63, 3.8) is 0 Å². The van der Waals surface area contributed by atoms with Crippen LogP contribution < -0.4 is 20.3 Å². The van der Waals surface area contributed by atoms with Gasteiger partial charge in [-0.05, 0) is 80.9 Å². The van der Waals surface area contributed by atoms with E-state index in [4.69, 9.17) is 9.47 Å². The van der Waals surface area contributed by atoms with Crippen molar-refractivity contribution in [3.05, 3.63) is 59.7 Å². The van der Waals surface area contributed by atoms with Gasteiger partial charge in [0.1, 0.15) is 5.75 Å². The van der Waals surface area contributed by atoms with Crippen LogP contribution in [-0.2, 0) is 20.7 Å². The first-order valence-electron chi connectivity index (χ1n) is 16.7. The average Bonchev–Trinajstić information content (AvgIpc) is 3.78. The summed E-state index contributed by atoms with van der Waals surface area (Å²) in [6.45, 7) is 3.54. The minimum Gasteiger partial charge on any atom is -0.493 e. The number of fused-ring (bicyclic) bond motifs is 2. The molecule has 3 aliphatic rings. The predicted octanol–water partition coefficient (Wildman–Crippen LogP) is 4.65. The smallest absolute Gasteiger partial charge is 0.251 e. The third kappa shape index (κ3) is 8.85. The van der Waals surface area contributed by atoms with Crippen LogP contribution in [0, 0.1) is 17.8 Å². The topological polar surface area (TPSA) is 117 Å². The van der Waals surface area contributed by atoms with Crippen molar-refractivity contribution in [1.82, 2.24) is 10.6 Å². The summed E-state index contributed by atoms with van der Waals surface area (Å²) >= 11 is 0. The van der Waals surface area contributed by atoms with Crippen LogP contribution in [-0.4, -0.2) is 67.9 Å². The van der Waals surface area contributed by atoms with Gasteiger partial charge in [-0.2, -0.15) is 0 Å². The Morgan fingerprint density at radius 1 is 1.07 bits per heavy atom. The van der Waals surface area contributed by atoms with Crippen molar-refractivity contribution >= 4 is 23.4 Å². The molecule has 0 radical (unpaired) electrons. The molecule has 244 valence electrons. The molecule has 2 aromatic rings. The predicted molar refractivity (Wildman–Crippen MR) is 173 cm³/mol. The maximum absolute atomic E-state index is 13.8. The second-order valence-electron chi connectivity index (χ2n) is 13.2. The highest BCUT2D eigenvalue weighted by molar-refractivity contribution is 5.99. The molecule has 9 heteroatoms. The number of ether oxygens (including phenoxy) is 2. The largest absolute Gasteiger partial charge is 0.493 e. The number of nitrogens with zero attached hydrogens (tertiary/aromatic N) is 1. The number of methoxy groups -OCH3 is 1. The first kappa shape index (κ1) is 32.9. The second kappa shape index (κ2) is 15.7. The van der Waals surface area contributed by atoms with E-state index in [1.54, 1.807) is 24.1 Å². The van der Waals surface area contributed by atoms with Crippen LogP contribution in [0.1, 0.15) is 80.6 Å². The molecule has 1 aliphatic heterocycles. The molecule has 45 heavy (non-hydrogen) atoms. The van der Waals surface area contributed by atoms with Crippen LogP contribution >= 0.6 is 0 Å². The normalized spacial score (nSPS) is 22.7. The van der Waals surface area contributed by atoms with Gasteiger partial charge in [0.25, 0.3) is 5.91 Å². The summed E-state index contributed by atoms with van der Waals surface area (Å²) in [6.07, 6.45) is 7.29. The summed E-state index contributed by atoms with van der Waals surface area (Å²) < 4.78 is 11.1. The van der Waals surface area contributed by atoms with Crippen LogP contribution in [0.25, 0.3) is 0 Å². The van der Waals surface area contributed by atoms with Crippen LogP contribution in [0.5, 0.6) is 5.75 Å². The SMILES string of the molecule is COCCCCOc1cc(C(=O)N[C@@H](Cc2ccccc2)[C@H](O)C[C@@H](C)C(=O)NC2CC3CCC2C3)cc(N2CCCC2=O)c1. The number of nitrogens with one attached hydrogen (secondary N) is 2. The highest BCUT2D eigenvalue weighted by Crippen LogP contribution is 2.44. The zero-order valence-corrected chi connectivity index (χ0v) is 26.7. The van der Waals surface area contributed by atoms with Crippen LogP contribution in [0.4, 0.5) is 5.69 Å². The molecule has 1 saturated heterocycles. The number of hydrogen-bond acceptors (Lipinski definition) is 6. The first-order chi connectivity index (χ1) is 21.8. The Balaban J connectivity index is 1.29. The lowest BCUT2D eigenvalue weighted by Crippen LogP contribution is -2.47. The molecule has 3 unspecified atom stereocenters. The Hall–Kier alpha value is -3.43. The van der Waals surface area contributed by atoms with E-state index in [0.29, 0.717) is 55.5 Å². The van der Waals surface area contributed by atoms with Crippen molar-refractivity contribution in [3.8, 4) is 5.75 Å². The number of hydrogen-bond donors (Lipinski definition) is 3. The van der Waals surface area contributed by atoms with E-state index in [2.05, 4.69) is 10.6 Å². The third-order valence-corrected chi connectivity index (χ3v) is 9.74. The molecule has 3 fully saturated rings. The van der Waals surface area contributed by atoms with Crippen molar-refractivity contribution < 1.29 is 29.0 Å². The van der Waals surface area contributed by atoms with Gasteiger partial charge in [0.15, 0.2) is 0 Å².